The molecule has 2 aromatic heterocycles. The van der Waals surface area contributed by atoms with Crippen LogP contribution in [0.4, 0.5) is 5.69 Å². The standard InChI is InChI=1S/C26H27N3O3S2/c1-4-32-25(31)22-17(3)27-26-29(23(22)20-8-7-13-33-20)24(30)21(34-26)15-18-9-10-19(14-16(18)2)28-11-5-6-12-28/h7-10,13-15,23H,4-6,11-12H2,1-3H3/b21-15+/t23-/m0/s1. The minimum absolute atomic E-state index is 0.139. The fraction of sp³-hybridized carbons (Fsp3) is 0.346. The molecule has 3 aromatic rings. The van der Waals surface area contributed by atoms with Crippen molar-refractivity contribution in [3.05, 3.63) is 82.7 Å². The first-order valence-electron chi connectivity index (χ1n) is 11.6. The molecule has 6 nitrogen and oxygen atoms in total. The minimum Gasteiger partial charge on any atom is -0.463 e. The molecule has 0 N–H and O–H groups in total. The first-order chi connectivity index (χ1) is 16.5. The fourth-order valence-electron chi connectivity index (χ4n) is 4.64. The first-order valence-corrected chi connectivity index (χ1v) is 13.3. The number of hydrogen-bond donors (Lipinski definition) is 0. The van der Waals surface area contributed by atoms with Gasteiger partial charge in [0.2, 0.25) is 0 Å². The summed E-state index contributed by atoms with van der Waals surface area (Å²) in [6.07, 6.45) is 4.42. The van der Waals surface area contributed by atoms with Crippen LogP contribution < -0.4 is 19.8 Å². The molecule has 0 saturated carbocycles. The number of esters is 1. The zero-order chi connectivity index (χ0) is 23.8. The number of thiazole rings is 1. The number of rotatable bonds is 5. The molecule has 0 spiro atoms. The van der Waals surface area contributed by atoms with E-state index in [9.17, 15) is 9.59 Å². The second-order valence-electron chi connectivity index (χ2n) is 8.55. The second kappa shape index (κ2) is 9.35. The van der Waals surface area contributed by atoms with E-state index in [1.54, 1.807) is 11.5 Å². The summed E-state index contributed by atoms with van der Waals surface area (Å²) in [7, 11) is 0. The monoisotopic (exact) mass is 493 g/mol. The van der Waals surface area contributed by atoms with E-state index < -0.39 is 12.0 Å². The Hall–Kier alpha value is -2.97. The number of thiophene rings is 1. The lowest BCUT2D eigenvalue weighted by Gasteiger charge is -2.23. The van der Waals surface area contributed by atoms with Crippen molar-refractivity contribution in [1.29, 1.82) is 0 Å². The van der Waals surface area contributed by atoms with Crippen LogP contribution in [0, 0.1) is 6.92 Å². The van der Waals surface area contributed by atoms with Crippen LogP contribution in [0.25, 0.3) is 6.08 Å². The van der Waals surface area contributed by atoms with E-state index in [0.29, 0.717) is 20.6 Å². The number of aryl methyl sites for hydroxylation is 1. The average molecular weight is 494 g/mol. The molecule has 0 amide bonds. The average Bonchev–Trinajstić information content (AvgIpc) is 3.57. The highest BCUT2D eigenvalue weighted by Gasteiger charge is 2.33. The van der Waals surface area contributed by atoms with Crippen molar-refractivity contribution < 1.29 is 9.53 Å². The Bertz CT molecular complexity index is 1440. The summed E-state index contributed by atoms with van der Waals surface area (Å²) in [6, 6.07) is 9.78. The lowest BCUT2D eigenvalue weighted by atomic mass is 10.0. The van der Waals surface area contributed by atoms with Gasteiger partial charge in [0.25, 0.3) is 5.56 Å². The SMILES string of the molecule is CCOC(=O)C1=C(C)N=c2s/c(=C/c3ccc(N4CCCC4)cc3C)c(=O)n2[C@H]1c1cccs1. The normalized spacial score (nSPS) is 18.3. The maximum Gasteiger partial charge on any atom is 0.338 e. The Morgan fingerprint density at radius 3 is 2.71 bits per heavy atom. The van der Waals surface area contributed by atoms with Crippen molar-refractivity contribution in [2.75, 3.05) is 24.6 Å². The second-order valence-corrected chi connectivity index (χ2v) is 10.5. The number of ether oxygens (including phenoxy) is 1. The molecule has 0 unspecified atom stereocenters. The highest BCUT2D eigenvalue weighted by atomic mass is 32.1. The Morgan fingerprint density at radius 2 is 2.03 bits per heavy atom. The summed E-state index contributed by atoms with van der Waals surface area (Å²) < 4.78 is 7.59. The summed E-state index contributed by atoms with van der Waals surface area (Å²) in [6.45, 7) is 8.14. The number of nitrogens with zero attached hydrogens (tertiary/aromatic N) is 3. The van der Waals surface area contributed by atoms with Crippen LogP contribution in [0.5, 0.6) is 0 Å². The Labute approximate surface area is 206 Å². The number of allylic oxidation sites excluding steroid dienone is 1. The third-order valence-corrected chi connectivity index (χ3v) is 8.25. The van der Waals surface area contributed by atoms with E-state index in [0.717, 1.165) is 29.1 Å². The fourth-order valence-corrected chi connectivity index (χ4v) is 6.50. The number of aromatic nitrogens is 1. The van der Waals surface area contributed by atoms with Crippen LogP contribution in [0.3, 0.4) is 0 Å². The molecule has 5 rings (SSSR count). The van der Waals surface area contributed by atoms with Gasteiger partial charge in [-0.3, -0.25) is 9.36 Å². The minimum atomic E-state index is -0.531. The molecular formula is C26H27N3O3S2. The lowest BCUT2D eigenvalue weighted by molar-refractivity contribution is -0.139. The van der Waals surface area contributed by atoms with E-state index in [2.05, 4.69) is 35.0 Å². The molecule has 0 bridgehead atoms. The van der Waals surface area contributed by atoms with Gasteiger partial charge in [-0.25, -0.2) is 9.79 Å². The van der Waals surface area contributed by atoms with Crippen LogP contribution in [0.15, 0.2) is 56.8 Å². The molecule has 1 saturated heterocycles. The largest absolute Gasteiger partial charge is 0.463 e. The summed E-state index contributed by atoms with van der Waals surface area (Å²) in [4.78, 5) is 35.1. The topological polar surface area (TPSA) is 63.9 Å². The molecule has 1 aromatic carbocycles. The maximum atomic E-state index is 13.6. The van der Waals surface area contributed by atoms with Crippen LogP contribution >= 0.6 is 22.7 Å². The first kappa shape index (κ1) is 22.8. The van der Waals surface area contributed by atoms with Crippen molar-refractivity contribution in [3.63, 3.8) is 0 Å². The number of benzene rings is 1. The molecule has 176 valence electrons. The molecule has 4 heterocycles. The van der Waals surface area contributed by atoms with Gasteiger partial charge < -0.3 is 9.64 Å². The third-order valence-electron chi connectivity index (χ3n) is 6.34. The number of carbonyl (C=O) groups excluding carboxylic acids is 1. The summed E-state index contributed by atoms with van der Waals surface area (Å²) in [5, 5.41) is 1.95. The van der Waals surface area contributed by atoms with Crippen molar-refractivity contribution >= 4 is 40.4 Å². The zero-order valence-electron chi connectivity index (χ0n) is 19.5. The van der Waals surface area contributed by atoms with Gasteiger partial charge in [0.1, 0.15) is 6.04 Å². The molecular weight excluding hydrogens is 466 g/mol. The van der Waals surface area contributed by atoms with Crippen molar-refractivity contribution in [2.45, 2.75) is 39.7 Å². The van der Waals surface area contributed by atoms with Gasteiger partial charge in [0, 0.05) is 23.7 Å². The smallest absolute Gasteiger partial charge is 0.338 e. The lowest BCUT2D eigenvalue weighted by Crippen LogP contribution is -2.39. The van der Waals surface area contributed by atoms with E-state index >= 15 is 0 Å². The summed E-state index contributed by atoms with van der Waals surface area (Å²) in [5.74, 6) is -0.426. The predicted molar refractivity (Wildman–Crippen MR) is 137 cm³/mol. The van der Waals surface area contributed by atoms with E-state index in [1.807, 2.05) is 30.5 Å². The van der Waals surface area contributed by atoms with Gasteiger partial charge in [-0.1, -0.05) is 23.5 Å². The van der Waals surface area contributed by atoms with Crippen LogP contribution in [0.2, 0.25) is 0 Å². The van der Waals surface area contributed by atoms with Crippen LogP contribution in [-0.2, 0) is 9.53 Å². The van der Waals surface area contributed by atoms with Crippen molar-refractivity contribution in [1.82, 2.24) is 4.57 Å². The number of fused-ring (bicyclic) bond motifs is 1. The highest BCUT2D eigenvalue weighted by molar-refractivity contribution is 7.10. The van der Waals surface area contributed by atoms with E-state index in [4.69, 9.17) is 4.74 Å². The molecule has 0 radical (unpaired) electrons. The van der Waals surface area contributed by atoms with Gasteiger partial charge in [-0.05, 0) is 74.4 Å². The van der Waals surface area contributed by atoms with Gasteiger partial charge in [0.15, 0.2) is 4.80 Å². The van der Waals surface area contributed by atoms with Crippen molar-refractivity contribution in [3.8, 4) is 0 Å². The number of anilines is 1. The van der Waals surface area contributed by atoms with Gasteiger partial charge >= 0.3 is 5.97 Å². The predicted octanol–water partition coefficient (Wildman–Crippen LogP) is 3.77. The Balaban J connectivity index is 1.62. The molecule has 1 fully saturated rings. The molecule has 2 aliphatic rings. The molecule has 0 aliphatic carbocycles. The molecule has 2 aliphatic heterocycles. The Morgan fingerprint density at radius 1 is 1.24 bits per heavy atom. The van der Waals surface area contributed by atoms with Crippen molar-refractivity contribution in [2.24, 2.45) is 4.99 Å². The Kier molecular flexibility index (Phi) is 6.27. The van der Waals surface area contributed by atoms with Gasteiger partial charge in [-0.15, -0.1) is 11.3 Å². The number of carbonyl (C=O) groups is 1. The molecule has 8 heteroatoms. The summed E-state index contributed by atoms with van der Waals surface area (Å²) in [5.41, 5.74) is 4.27. The van der Waals surface area contributed by atoms with Gasteiger partial charge in [0.05, 0.1) is 22.4 Å². The zero-order valence-corrected chi connectivity index (χ0v) is 21.2. The highest BCUT2D eigenvalue weighted by Crippen LogP contribution is 2.33. The quantitative estimate of drug-likeness (QED) is 0.508. The van der Waals surface area contributed by atoms with E-state index in [-0.39, 0.29) is 12.2 Å². The molecule has 1 atom stereocenters. The van der Waals surface area contributed by atoms with E-state index in [1.165, 1.54) is 41.2 Å². The van der Waals surface area contributed by atoms with Gasteiger partial charge in [-0.2, -0.15) is 0 Å². The molecule has 34 heavy (non-hydrogen) atoms. The summed E-state index contributed by atoms with van der Waals surface area (Å²) >= 11 is 2.88. The third kappa shape index (κ3) is 4.05. The van der Waals surface area contributed by atoms with Crippen LogP contribution in [-0.4, -0.2) is 30.2 Å². The van der Waals surface area contributed by atoms with Crippen LogP contribution in [0.1, 0.15) is 48.7 Å². The maximum absolute atomic E-state index is 13.6. The number of hydrogen-bond acceptors (Lipinski definition) is 7.